The van der Waals surface area contributed by atoms with E-state index in [-0.39, 0.29) is 32.0 Å². The van der Waals surface area contributed by atoms with Gasteiger partial charge in [-0.1, -0.05) is 407 Å². The molecule has 0 spiro atoms. The summed E-state index contributed by atoms with van der Waals surface area (Å²) in [6.07, 6.45) is 112. The number of likely N-dealkylation sites (N-methyl/N-ethyl adjacent to an activating group) is 1. The van der Waals surface area contributed by atoms with Gasteiger partial charge >= 0.3 is 11.9 Å². The number of hydrogen-bond acceptors (Lipinski definition) is 8. The second-order valence-corrected chi connectivity index (χ2v) is 31.9. The largest absolute Gasteiger partial charge is 0.756 e. The second kappa shape index (κ2) is 80.3. The maximum atomic E-state index is 12.9. The number of phosphoric ester groups is 1. The van der Waals surface area contributed by atoms with Crippen molar-refractivity contribution in [3.05, 3.63) is 85.1 Å². The minimum Gasteiger partial charge on any atom is -0.756 e. The molecule has 0 aliphatic carbocycles. The van der Waals surface area contributed by atoms with Crippen LogP contribution in [0.25, 0.3) is 0 Å². The molecule has 10 heteroatoms. The smallest absolute Gasteiger partial charge is 0.306 e. The number of hydrogen-bond donors (Lipinski definition) is 0. The van der Waals surface area contributed by atoms with Crippen molar-refractivity contribution in [1.29, 1.82) is 0 Å². The third-order valence-electron chi connectivity index (χ3n) is 19.4. The van der Waals surface area contributed by atoms with Crippen molar-refractivity contribution in [2.75, 3.05) is 47.5 Å². The number of nitrogens with zero attached hydrogens (tertiary/aromatic N) is 1. The Morgan fingerprint density at radius 3 is 0.850 bits per heavy atom. The number of phosphoric acid groups is 1. The normalized spacial score (nSPS) is 13.4. The number of ether oxygens (including phenoxy) is 2. The predicted molar refractivity (Wildman–Crippen MR) is 434 cm³/mol. The van der Waals surface area contributed by atoms with E-state index in [9.17, 15) is 19.0 Å². The summed E-state index contributed by atoms with van der Waals surface area (Å²) < 4.78 is 34.5. The van der Waals surface area contributed by atoms with E-state index in [2.05, 4.69) is 98.9 Å². The lowest BCUT2D eigenvalue weighted by Gasteiger charge is -2.28. The summed E-state index contributed by atoms with van der Waals surface area (Å²) in [4.78, 5) is 38.2. The van der Waals surface area contributed by atoms with Crippen LogP contribution in [0.15, 0.2) is 85.1 Å². The van der Waals surface area contributed by atoms with Crippen LogP contribution in [0.4, 0.5) is 0 Å². The second-order valence-electron chi connectivity index (χ2n) is 30.5. The first-order valence-electron chi connectivity index (χ1n) is 43.3. The Kier molecular flexibility index (Phi) is 78.0. The van der Waals surface area contributed by atoms with Gasteiger partial charge in [0, 0.05) is 12.8 Å². The van der Waals surface area contributed by atoms with Gasteiger partial charge < -0.3 is 27.9 Å². The molecule has 0 saturated heterocycles. The van der Waals surface area contributed by atoms with Crippen molar-refractivity contribution < 1.29 is 42.1 Å². The zero-order chi connectivity index (χ0) is 72.5. The van der Waals surface area contributed by atoms with E-state index in [4.69, 9.17) is 18.5 Å². The fourth-order valence-electron chi connectivity index (χ4n) is 12.8. The maximum absolute atomic E-state index is 12.9. The van der Waals surface area contributed by atoms with Crippen molar-refractivity contribution in [1.82, 2.24) is 0 Å². The third-order valence-corrected chi connectivity index (χ3v) is 20.4. The number of rotatable bonds is 81. The Morgan fingerprint density at radius 1 is 0.320 bits per heavy atom. The molecule has 0 bridgehead atoms. The Labute approximate surface area is 621 Å². The van der Waals surface area contributed by atoms with Crippen LogP contribution in [0, 0.1) is 0 Å². The Morgan fingerprint density at radius 2 is 0.570 bits per heavy atom. The zero-order valence-corrected chi connectivity index (χ0v) is 67.8. The highest BCUT2D eigenvalue weighted by molar-refractivity contribution is 7.45. The van der Waals surface area contributed by atoms with Gasteiger partial charge in [0.05, 0.1) is 27.7 Å². The molecule has 2 atom stereocenters. The summed E-state index contributed by atoms with van der Waals surface area (Å²) in [5.74, 6) is -0.809. The summed E-state index contributed by atoms with van der Waals surface area (Å²) in [5, 5.41) is 0. The zero-order valence-electron chi connectivity index (χ0n) is 66.9. The summed E-state index contributed by atoms with van der Waals surface area (Å²) in [7, 11) is 1.19. The monoisotopic (exact) mass is 1420 g/mol. The first-order chi connectivity index (χ1) is 49.0. The molecular formula is C90H166NO8P. The van der Waals surface area contributed by atoms with E-state index in [0.29, 0.717) is 17.4 Å². The number of allylic oxidation sites excluding steroid dienone is 14. The first-order valence-corrected chi connectivity index (χ1v) is 44.8. The minimum absolute atomic E-state index is 0.0290. The molecule has 2 unspecified atom stereocenters. The van der Waals surface area contributed by atoms with Crippen molar-refractivity contribution in [3.8, 4) is 0 Å². The number of quaternary nitrogens is 1. The van der Waals surface area contributed by atoms with Crippen LogP contribution in [-0.4, -0.2) is 70.0 Å². The molecule has 0 aromatic rings. The van der Waals surface area contributed by atoms with E-state index < -0.39 is 26.5 Å². The molecule has 0 rings (SSSR count). The molecule has 0 aromatic carbocycles. The highest BCUT2D eigenvalue weighted by Gasteiger charge is 2.22. The van der Waals surface area contributed by atoms with Crippen LogP contribution in [0.5, 0.6) is 0 Å². The topological polar surface area (TPSA) is 111 Å². The molecule has 0 aliphatic heterocycles. The quantitative estimate of drug-likeness (QED) is 0.0195. The number of unbranched alkanes of at least 4 members (excludes halogenated alkanes) is 53. The van der Waals surface area contributed by atoms with Crippen LogP contribution < -0.4 is 4.89 Å². The molecule has 100 heavy (non-hydrogen) atoms. The third kappa shape index (κ3) is 84.1. The van der Waals surface area contributed by atoms with E-state index in [0.717, 1.165) is 70.6 Å². The highest BCUT2D eigenvalue weighted by atomic mass is 31.2. The predicted octanol–water partition coefficient (Wildman–Crippen LogP) is 28.5. The first kappa shape index (κ1) is 97.2. The fraction of sp³-hybridized carbons (Fsp3) is 0.822. The SMILES string of the molecule is CC/C=C\C/C=C\C/C=C\C/C=C\C/C=C\CCCCCCCCCCCCCCCCCCCCCCCCCC(=O)OC(COC(=O)CCCCCCCCCCCCCCCCCCCCCCCCCCC/C=C\C/C=C\CCCCCCC)COP(=O)([O-])OCC[N+](C)(C)C. The van der Waals surface area contributed by atoms with Gasteiger partial charge in [-0.15, -0.1) is 0 Å². The summed E-state index contributed by atoms with van der Waals surface area (Å²) in [5.41, 5.74) is 0. The maximum Gasteiger partial charge on any atom is 0.306 e. The van der Waals surface area contributed by atoms with Crippen LogP contribution in [-0.2, 0) is 32.7 Å². The number of carbonyl (C=O) groups is 2. The van der Waals surface area contributed by atoms with Crippen molar-refractivity contribution in [2.24, 2.45) is 0 Å². The summed E-state index contributed by atoms with van der Waals surface area (Å²) >= 11 is 0. The Balaban J connectivity index is 3.87. The molecule has 0 fully saturated rings. The van der Waals surface area contributed by atoms with E-state index in [1.165, 1.54) is 321 Å². The average Bonchev–Trinajstić information content (AvgIpc) is 1.07. The fourth-order valence-corrected chi connectivity index (χ4v) is 13.6. The van der Waals surface area contributed by atoms with Crippen molar-refractivity contribution >= 4 is 19.8 Å². The van der Waals surface area contributed by atoms with Crippen LogP contribution in [0.2, 0.25) is 0 Å². The van der Waals surface area contributed by atoms with E-state index in [1.807, 2.05) is 21.1 Å². The van der Waals surface area contributed by atoms with Crippen molar-refractivity contribution in [2.45, 2.75) is 431 Å². The minimum atomic E-state index is -4.65. The van der Waals surface area contributed by atoms with Gasteiger partial charge in [-0.25, -0.2) is 0 Å². The lowest BCUT2D eigenvalue weighted by molar-refractivity contribution is -0.870. The molecule has 0 radical (unpaired) electrons. The van der Waals surface area contributed by atoms with Gasteiger partial charge in [0.25, 0.3) is 7.82 Å². The van der Waals surface area contributed by atoms with Crippen LogP contribution in [0.1, 0.15) is 425 Å². The van der Waals surface area contributed by atoms with E-state index >= 15 is 0 Å². The van der Waals surface area contributed by atoms with Crippen LogP contribution >= 0.6 is 7.82 Å². The molecule has 0 saturated carbocycles. The Bertz CT molecular complexity index is 1970. The van der Waals surface area contributed by atoms with Crippen LogP contribution in [0.3, 0.4) is 0 Å². The molecule has 0 aliphatic rings. The average molecular weight is 1420 g/mol. The molecule has 9 nitrogen and oxygen atoms in total. The van der Waals surface area contributed by atoms with Gasteiger partial charge in [-0.05, 0) is 89.9 Å². The van der Waals surface area contributed by atoms with Gasteiger partial charge in [0.2, 0.25) is 0 Å². The lowest BCUT2D eigenvalue weighted by Crippen LogP contribution is -2.37. The van der Waals surface area contributed by atoms with Gasteiger partial charge in [0.15, 0.2) is 6.10 Å². The molecular weight excluding hydrogens is 1250 g/mol. The summed E-state index contributed by atoms with van der Waals surface area (Å²) in [6.45, 7) is 4.19. The molecule has 0 aromatic heterocycles. The molecule has 0 heterocycles. The van der Waals surface area contributed by atoms with Crippen molar-refractivity contribution in [3.63, 3.8) is 0 Å². The molecule has 0 N–H and O–H groups in total. The lowest BCUT2D eigenvalue weighted by atomic mass is 10.0. The molecule has 584 valence electrons. The standard InChI is InChI=1S/C90H166NO8P/c1-6-8-10-12-14-16-18-20-22-24-26-28-30-32-34-36-38-40-42-44-45-47-49-51-53-55-57-59-61-63-65-67-69-71-73-75-77-79-81-83-90(93)99-88(87-98-100(94,95)97-85-84-91(3,4)5)86-96-89(92)82-80-78-76-74-72-70-68-66-64-62-60-58-56-54-52-50-48-46-43-41-39-37-35-33-31-29-27-25-23-21-19-17-15-13-11-9-7-2/h8,10,14,16,19-22,25-28,32,34,88H,6-7,9,11-13,15,17-18,23-24,29-31,33,35-87H2,1-5H3/b10-8-,16-14-,21-19-,22-20-,27-25-,28-26-,34-32-. The number of carbonyl (C=O) groups excluding carboxylic acids is 2. The highest BCUT2D eigenvalue weighted by Crippen LogP contribution is 2.38. The molecule has 0 amide bonds. The Hall–Kier alpha value is -2.81. The van der Waals surface area contributed by atoms with E-state index in [1.54, 1.807) is 0 Å². The van der Waals surface area contributed by atoms with Gasteiger partial charge in [-0.2, -0.15) is 0 Å². The van der Waals surface area contributed by atoms with Gasteiger partial charge in [-0.3, -0.25) is 14.2 Å². The van der Waals surface area contributed by atoms with Gasteiger partial charge in [0.1, 0.15) is 19.8 Å². The summed E-state index contributed by atoms with van der Waals surface area (Å²) in [6, 6.07) is 0. The number of esters is 2.